The van der Waals surface area contributed by atoms with Crippen molar-refractivity contribution in [2.24, 2.45) is 4.99 Å². The molecule has 1 aromatic heterocycles. The lowest BCUT2D eigenvalue weighted by Crippen LogP contribution is -2.21. The number of thiazole rings is 1. The Balaban J connectivity index is 1.71. The predicted octanol–water partition coefficient (Wildman–Crippen LogP) is 5.12. The molecule has 30 heavy (non-hydrogen) atoms. The summed E-state index contributed by atoms with van der Waals surface area (Å²) in [6, 6.07) is 13.8. The lowest BCUT2D eigenvalue weighted by atomic mass is 10.1. The Morgan fingerprint density at radius 1 is 1.30 bits per heavy atom. The molecule has 0 spiro atoms. The van der Waals surface area contributed by atoms with E-state index in [0.29, 0.717) is 14.6 Å². The third kappa shape index (κ3) is 3.79. The van der Waals surface area contributed by atoms with E-state index >= 15 is 0 Å². The molecule has 0 aliphatic carbocycles. The summed E-state index contributed by atoms with van der Waals surface area (Å²) in [5.74, 6) is -0.500. The van der Waals surface area contributed by atoms with Crippen LogP contribution in [0.15, 0.2) is 53.5 Å². The van der Waals surface area contributed by atoms with Gasteiger partial charge in [-0.1, -0.05) is 30.3 Å². The second kappa shape index (κ2) is 8.25. The van der Waals surface area contributed by atoms with Gasteiger partial charge in [-0.05, 0) is 36.0 Å². The molecule has 1 atom stereocenters. The van der Waals surface area contributed by atoms with E-state index < -0.39 is 12.0 Å². The van der Waals surface area contributed by atoms with Gasteiger partial charge in [-0.2, -0.15) is 0 Å². The minimum atomic E-state index is -1.05. The Labute approximate surface area is 182 Å². The molecule has 0 saturated carbocycles. The number of nitrogens with zero attached hydrogens (tertiary/aromatic N) is 2. The van der Waals surface area contributed by atoms with Crippen LogP contribution in [0.5, 0.6) is 11.6 Å². The standard InChI is InChI=1S/C22H18N2O4S2/c1-28-15-7-8-16-14(12-23-17(16)11-15)10-19-20(25)24(22(29)30-19)18(21(26)27)9-13-5-3-2-4-6-13/h2-8,10-12,18,25H,9H2,1H3,(H,26,27). The highest BCUT2D eigenvalue weighted by Gasteiger charge is 2.26. The van der Waals surface area contributed by atoms with Gasteiger partial charge in [0.15, 0.2) is 3.95 Å². The number of ether oxygens (including phenoxy) is 1. The van der Waals surface area contributed by atoms with Gasteiger partial charge in [0.1, 0.15) is 11.8 Å². The molecule has 0 saturated heterocycles. The maximum absolute atomic E-state index is 12.0. The highest BCUT2D eigenvalue weighted by atomic mass is 32.1. The lowest BCUT2D eigenvalue weighted by Gasteiger charge is -2.15. The number of aliphatic carboxylic acids is 1. The Hall–Kier alpha value is -3.23. The van der Waals surface area contributed by atoms with E-state index in [1.165, 1.54) is 15.9 Å². The highest BCUT2D eigenvalue weighted by molar-refractivity contribution is 7.73. The van der Waals surface area contributed by atoms with Crippen molar-refractivity contribution in [1.82, 2.24) is 4.57 Å². The molecule has 1 unspecified atom stereocenters. The molecule has 0 fully saturated rings. The van der Waals surface area contributed by atoms with Gasteiger partial charge in [0.05, 0.1) is 17.7 Å². The molecule has 0 radical (unpaired) electrons. The van der Waals surface area contributed by atoms with Gasteiger partial charge in [-0.3, -0.25) is 9.56 Å². The molecule has 1 aliphatic heterocycles. The number of methoxy groups -OCH3 is 1. The maximum Gasteiger partial charge on any atom is 0.327 e. The first-order valence-electron chi connectivity index (χ1n) is 9.13. The quantitative estimate of drug-likeness (QED) is 0.522. The Bertz CT molecular complexity index is 1230. The van der Waals surface area contributed by atoms with Crippen LogP contribution in [0.3, 0.4) is 0 Å². The van der Waals surface area contributed by atoms with E-state index in [1.54, 1.807) is 19.4 Å². The average Bonchev–Trinajstić information content (AvgIpc) is 3.27. The van der Waals surface area contributed by atoms with Crippen LogP contribution in [0.1, 0.15) is 22.0 Å². The molecule has 2 heterocycles. The monoisotopic (exact) mass is 438 g/mol. The lowest BCUT2D eigenvalue weighted by molar-refractivity contribution is -0.141. The van der Waals surface area contributed by atoms with E-state index in [1.807, 2.05) is 48.5 Å². The zero-order valence-corrected chi connectivity index (χ0v) is 17.6. The van der Waals surface area contributed by atoms with Crippen LogP contribution in [-0.2, 0) is 11.2 Å². The normalized spacial score (nSPS) is 14.6. The van der Waals surface area contributed by atoms with E-state index in [4.69, 9.17) is 17.0 Å². The molecule has 0 bridgehead atoms. The minimum Gasteiger partial charge on any atom is -0.497 e. The molecule has 2 aromatic carbocycles. The summed E-state index contributed by atoms with van der Waals surface area (Å²) in [6.07, 6.45) is 3.69. The third-order valence-corrected chi connectivity index (χ3v) is 6.19. The first-order valence-corrected chi connectivity index (χ1v) is 10.4. The summed E-state index contributed by atoms with van der Waals surface area (Å²) >= 11 is 6.57. The van der Waals surface area contributed by atoms with E-state index in [0.717, 1.165) is 22.4 Å². The van der Waals surface area contributed by atoms with Crippen LogP contribution in [0.2, 0.25) is 0 Å². The molecule has 152 valence electrons. The predicted molar refractivity (Wildman–Crippen MR) is 121 cm³/mol. The molecule has 8 heteroatoms. The number of aromatic nitrogens is 1. The summed E-state index contributed by atoms with van der Waals surface area (Å²) in [5.41, 5.74) is 3.33. The van der Waals surface area contributed by atoms with Crippen molar-refractivity contribution < 1.29 is 19.7 Å². The Kier molecular flexibility index (Phi) is 5.52. The summed E-state index contributed by atoms with van der Waals surface area (Å²) in [5, 5.41) is 20.6. The van der Waals surface area contributed by atoms with Crippen molar-refractivity contribution in [3.63, 3.8) is 0 Å². The molecular formula is C22H18N2O4S2. The molecule has 3 aromatic rings. The fraction of sp³-hybridized carbons (Fsp3) is 0.136. The number of benzene rings is 2. The van der Waals surface area contributed by atoms with Gasteiger partial charge in [-0.25, -0.2) is 4.79 Å². The number of aliphatic imine (C=N–C) groups is 1. The van der Waals surface area contributed by atoms with Gasteiger partial charge in [-0.15, -0.1) is 11.3 Å². The number of hydrogen-bond acceptors (Lipinski definition) is 6. The summed E-state index contributed by atoms with van der Waals surface area (Å²) in [6.45, 7) is 0. The van der Waals surface area contributed by atoms with Crippen molar-refractivity contribution in [2.45, 2.75) is 12.5 Å². The topological polar surface area (TPSA) is 84.1 Å². The van der Waals surface area contributed by atoms with E-state index in [-0.39, 0.29) is 12.3 Å². The number of carbonyl (C=O) groups is 1. The first-order chi connectivity index (χ1) is 14.5. The highest BCUT2D eigenvalue weighted by Crippen LogP contribution is 2.38. The number of hydrogen-bond donors (Lipinski definition) is 2. The van der Waals surface area contributed by atoms with Crippen molar-refractivity contribution in [3.8, 4) is 11.6 Å². The number of carboxylic acid groups (broad SMARTS) is 1. The van der Waals surface area contributed by atoms with E-state index in [2.05, 4.69) is 4.99 Å². The SMILES string of the molecule is COc1ccc2c(c1)N=CC2=Cc1sc(=S)n(C(Cc2ccccc2)C(=O)O)c1O. The third-order valence-electron chi connectivity index (χ3n) is 4.86. The molecular weight excluding hydrogens is 420 g/mol. The second-order valence-corrected chi connectivity index (χ2v) is 8.39. The van der Waals surface area contributed by atoms with Gasteiger partial charge in [0.25, 0.3) is 0 Å². The van der Waals surface area contributed by atoms with Crippen molar-refractivity contribution in [2.75, 3.05) is 7.11 Å². The first kappa shape index (κ1) is 20.1. The van der Waals surface area contributed by atoms with E-state index in [9.17, 15) is 15.0 Å². The van der Waals surface area contributed by atoms with Crippen molar-refractivity contribution in [3.05, 3.63) is 68.5 Å². The fourth-order valence-electron chi connectivity index (χ4n) is 3.34. The van der Waals surface area contributed by atoms with Crippen molar-refractivity contribution >= 4 is 53.1 Å². The fourth-order valence-corrected chi connectivity index (χ4v) is 4.70. The number of aromatic hydroxyl groups is 1. The van der Waals surface area contributed by atoms with Crippen LogP contribution < -0.4 is 4.74 Å². The van der Waals surface area contributed by atoms with Crippen LogP contribution in [0, 0.1) is 3.95 Å². The smallest absolute Gasteiger partial charge is 0.327 e. The summed E-state index contributed by atoms with van der Waals surface area (Å²) < 4.78 is 6.83. The number of carboxylic acids is 1. The van der Waals surface area contributed by atoms with Crippen molar-refractivity contribution in [1.29, 1.82) is 0 Å². The largest absolute Gasteiger partial charge is 0.497 e. The van der Waals surface area contributed by atoms with Gasteiger partial charge in [0.2, 0.25) is 5.88 Å². The minimum absolute atomic E-state index is 0.156. The summed E-state index contributed by atoms with van der Waals surface area (Å²) in [7, 11) is 1.60. The summed E-state index contributed by atoms with van der Waals surface area (Å²) in [4.78, 5) is 16.8. The molecule has 1 aliphatic rings. The zero-order chi connectivity index (χ0) is 21.3. The number of fused-ring (bicyclic) bond motifs is 1. The molecule has 6 nitrogen and oxygen atoms in total. The number of allylic oxidation sites excluding steroid dienone is 1. The molecule has 2 N–H and O–H groups in total. The zero-order valence-electron chi connectivity index (χ0n) is 16.0. The maximum atomic E-state index is 12.0. The Morgan fingerprint density at radius 2 is 2.07 bits per heavy atom. The average molecular weight is 439 g/mol. The van der Waals surface area contributed by atoms with Crippen LogP contribution in [-0.4, -0.2) is 34.1 Å². The molecule has 4 rings (SSSR count). The number of rotatable bonds is 6. The second-order valence-electron chi connectivity index (χ2n) is 6.71. The van der Waals surface area contributed by atoms with Crippen LogP contribution in [0.25, 0.3) is 11.6 Å². The van der Waals surface area contributed by atoms with Gasteiger partial charge < -0.3 is 14.9 Å². The van der Waals surface area contributed by atoms with Crippen LogP contribution in [0.4, 0.5) is 5.69 Å². The Morgan fingerprint density at radius 3 is 2.77 bits per heavy atom. The van der Waals surface area contributed by atoms with Gasteiger partial charge in [0, 0.05) is 29.8 Å². The van der Waals surface area contributed by atoms with Crippen LogP contribution >= 0.6 is 23.6 Å². The van der Waals surface area contributed by atoms with Gasteiger partial charge >= 0.3 is 5.97 Å². The molecule has 0 amide bonds.